The molecular weight excluding hydrogens is 527 g/mol. The molecule has 0 saturated heterocycles. The number of alkyl halides is 3. The Bertz CT molecular complexity index is 1380. The Morgan fingerprint density at radius 3 is 2.39 bits per heavy atom. The van der Waals surface area contributed by atoms with Crippen LogP contribution in [0.3, 0.4) is 0 Å². The molecular formula is C21H24F3N3O7S2. The molecule has 0 spiro atoms. The van der Waals surface area contributed by atoms with Crippen LogP contribution < -0.4 is 19.1 Å². The van der Waals surface area contributed by atoms with Crippen LogP contribution in [-0.2, 0) is 26.2 Å². The molecule has 2 aromatic rings. The highest BCUT2D eigenvalue weighted by Gasteiger charge is 2.39. The molecule has 3 N–H and O–H groups in total. The standard InChI is InChI=1S/C21H24F3N3O7S2/c1-20(2,26-35(3,30)31)11-15-12-27(17-10-14(25-19(28)29)7-8-18(17)34-15)36(32,33)16-6-4-5-13(9-16)21(22,23)24/h4-10,15,25-26H,11-12H2,1-3H3,(H,28,29). The number of ether oxygens (including phenoxy) is 1. The Hall–Kier alpha value is -3.04. The van der Waals surface area contributed by atoms with E-state index in [2.05, 4.69) is 10.0 Å². The number of halogens is 3. The number of fused-ring (bicyclic) bond motifs is 1. The van der Waals surface area contributed by atoms with E-state index in [1.54, 1.807) is 13.8 Å². The molecule has 2 aromatic carbocycles. The fourth-order valence-corrected chi connectivity index (χ4v) is 6.55. The third-order valence-electron chi connectivity index (χ3n) is 5.09. The number of nitrogens with zero attached hydrogens (tertiary/aromatic N) is 1. The Balaban J connectivity index is 2.08. The molecule has 0 saturated carbocycles. The Morgan fingerprint density at radius 1 is 1.14 bits per heavy atom. The van der Waals surface area contributed by atoms with Gasteiger partial charge in [-0.1, -0.05) is 6.07 Å². The number of sulfonamides is 2. The predicted octanol–water partition coefficient (Wildman–Crippen LogP) is 3.47. The third kappa shape index (κ3) is 6.59. The van der Waals surface area contributed by atoms with Gasteiger partial charge in [-0.15, -0.1) is 0 Å². The average Bonchev–Trinajstić information content (AvgIpc) is 2.70. The van der Waals surface area contributed by atoms with Gasteiger partial charge >= 0.3 is 12.3 Å². The van der Waals surface area contributed by atoms with Gasteiger partial charge in [0.25, 0.3) is 10.0 Å². The van der Waals surface area contributed by atoms with Crippen molar-refractivity contribution in [2.45, 2.75) is 43.0 Å². The summed E-state index contributed by atoms with van der Waals surface area (Å²) in [7, 11) is -8.21. The highest BCUT2D eigenvalue weighted by Crippen LogP contribution is 2.41. The first-order valence-electron chi connectivity index (χ1n) is 10.4. The van der Waals surface area contributed by atoms with Crippen molar-refractivity contribution in [3.8, 4) is 5.75 Å². The van der Waals surface area contributed by atoms with Crippen LogP contribution in [0.4, 0.5) is 29.3 Å². The van der Waals surface area contributed by atoms with Gasteiger partial charge in [0.1, 0.15) is 11.9 Å². The van der Waals surface area contributed by atoms with Crippen LogP contribution in [0, 0.1) is 0 Å². The molecule has 15 heteroatoms. The van der Waals surface area contributed by atoms with Gasteiger partial charge in [0.05, 0.1) is 28.9 Å². The Morgan fingerprint density at radius 2 is 1.81 bits per heavy atom. The molecule has 0 radical (unpaired) electrons. The summed E-state index contributed by atoms with van der Waals surface area (Å²) < 4.78 is 99.5. The summed E-state index contributed by atoms with van der Waals surface area (Å²) in [5.74, 6) is 0.0212. The predicted molar refractivity (Wildman–Crippen MR) is 125 cm³/mol. The van der Waals surface area contributed by atoms with Gasteiger partial charge in [0.2, 0.25) is 10.0 Å². The van der Waals surface area contributed by atoms with Gasteiger partial charge < -0.3 is 9.84 Å². The number of hydrogen-bond donors (Lipinski definition) is 3. The van der Waals surface area contributed by atoms with E-state index in [0.717, 1.165) is 28.8 Å². The zero-order valence-corrected chi connectivity index (χ0v) is 21.0. The van der Waals surface area contributed by atoms with E-state index < -0.39 is 54.4 Å². The molecule has 36 heavy (non-hydrogen) atoms. The maximum atomic E-state index is 13.6. The van der Waals surface area contributed by atoms with Crippen molar-refractivity contribution in [3.05, 3.63) is 48.0 Å². The molecule has 0 aromatic heterocycles. The maximum Gasteiger partial charge on any atom is 0.416 e. The van der Waals surface area contributed by atoms with Crippen LogP contribution in [0.1, 0.15) is 25.8 Å². The fourth-order valence-electron chi connectivity index (χ4n) is 3.92. The second kappa shape index (κ2) is 9.44. The minimum atomic E-state index is -4.78. The van der Waals surface area contributed by atoms with Crippen molar-refractivity contribution in [1.82, 2.24) is 4.72 Å². The first-order chi connectivity index (χ1) is 16.4. The molecule has 10 nitrogen and oxygen atoms in total. The zero-order chi connectivity index (χ0) is 27.1. The Labute approximate surface area is 206 Å². The van der Waals surface area contributed by atoms with Crippen molar-refractivity contribution in [2.24, 2.45) is 0 Å². The summed E-state index contributed by atoms with van der Waals surface area (Å²) in [5, 5.41) is 11.1. The molecule has 1 aliphatic rings. The van der Waals surface area contributed by atoms with Crippen LogP contribution in [0.25, 0.3) is 0 Å². The number of benzene rings is 2. The van der Waals surface area contributed by atoms with Crippen LogP contribution in [0.15, 0.2) is 47.4 Å². The average molecular weight is 552 g/mol. The van der Waals surface area contributed by atoms with Crippen molar-refractivity contribution < 1.29 is 44.6 Å². The van der Waals surface area contributed by atoms with E-state index in [1.165, 1.54) is 18.2 Å². The minimum absolute atomic E-state index is 0.00322. The molecule has 0 fully saturated rings. The number of carbonyl (C=O) groups is 1. The van der Waals surface area contributed by atoms with E-state index in [0.29, 0.717) is 6.07 Å². The van der Waals surface area contributed by atoms with Crippen molar-refractivity contribution in [3.63, 3.8) is 0 Å². The highest BCUT2D eigenvalue weighted by molar-refractivity contribution is 7.92. The molecule has 1 unspecified atom stereocenters. The van der Waals surface area contributed by atoms with Gasteiger partial charge in [0.15, 0.2) is 0 Å². The van der Waals surface area contributed by atoms with Gasteiger partial charge in [0, 0.05) is 17.6 Å². The van der Waals surface area contributed by atoms with E-state index in [-0.39, 0.29) is 30.1 Å². The smallest absolute Gasteiger partial charge is 0.416 e. The topological polar surface area (TPSA) is 142 Å². The van der Waals surface area contributed by atoms with Gasteiger partial charge in [-0.25, -0.2) is 26.4 Å². The first-order valence-corrected chi connectivity index (χ1v) is 13.7. The molecule has 0 aliphatic carbocycles. The molecule has 1 aliphatic heterocycles. The largest absolute Gasteiger partial charge is 0.486 e. The first kappa shape index (κ1) is 27.5. The van der Waals surface area contributed by atoms with E-state index >= 15 is 0 Å². The normalized spacial score (nSPS) is 16.7. The fraction of sp³-hybridized carbons (Fsp3) is 0.381. The molecule has 1 amide bonds. The number of carboxylic acid groups (broad SMARTS) is 1. The minimum Gasteiger partial charge on any atom is -0.486 e. The number of rotatable bonds is 7. The van der Waals surface area contributed by atoms with Crippen LogP contribution in [-0.4, -0.2) is 52.5 Å². The summed E-state index contributed by atoms with van der Waals surface area (Å²) in [4.78, 5) is 10.4. The van der Waals surface area contributed by atoms with Crippen LogP contribution in [0.2, 0.25) is 0 Å². The van der Waals surface area contributed by atoms with Gasteiger partial charge in [-0.2, -0.15) is 13.2 Å². The molecule has 1 atom stereocenters. The van der Waals surface area contributed by atoms with Crippen LogP contribution >= 0.6 is 0 Å². The number of anilines is 2. The second-order valence-corrected chi connectivity index (χ2v) is 12.5. The summed E-state index contributed by atoms with van der Waals surface area (Å²) in [6.45, 7) is 2.76. The molecule has 3 rings (SSSR count). The van der Waals surface area contributed by atoms with E-state index in [4.69, 9.17) is 9.84 Å². The van der Waals surface area contributed by atoms with Crippen molar-refractivity contribution in [1.29, 1.82) is 0 Å². The Kier molecular flexibility index (Phi) is 7.22. The monoisotopic (exact) mass is 551 g/mol. The summed E-state index contributed by atoms with van der Waals surface area (Å²) in [5.41, 5.74) is -2.31. The summed E-state index contributed by atoms with van der Waals surface area (Å²) >= 11 is 0. The molecule has 198 valence electrons. The van der Waals surface area contributed by atoms with Crippen molar-refractivity contribution in [2.75, 3.05) is 22.4 Å². The van der Waals surface area contributed by atoms with Gasteiger partial charge in [-0.05, 0) is 50.2 Å². The number of hydrogen-bond acceptors (Lipinski definition) is 6. The van der Waals surface area contributed by atoms with Crippen LogP contribution in [0.5, 0.6) is 5.75 Å². The summed E-state index contributed by atoms with van der Waals surface area (Å²) in [6, 6.07) is 7.06. The number of amides is 1. The molecule has 1 heterocycles. The number of nitrogens with one attached hydrogen (secondary N) is 2. The van der Waals surface area contributed by atoms with Gasteiger partial charge in [-0.3, -0.25) is 9.62 Å². The third-order valence-corrected chi connectivity index (χ3v) is 7.79. The zero-order valence-electron chi connectivity index (χ0n) is 19.3. The second-order valence-electron chi connectivity index (χ2n) is 8.88. The van der Waals surface area contributed by atoms with E-state index in [9.17, 15) is 34.8 Å². The van der Waals surface area contributed by atoms with Crippen molar-refractivity contribution >= 4 is 37.5 Å². The SMILES string of the molecule is CC(C)(CC1CN(S(=O)(=O)c2cccc(C(F)(F)F)c2)c2cc(NC(=O)O)ccc2O1)NS(C)(=O)=O. The lowest BCUT2D eigenvalue weighted by molar-refractivity contribution is -0.137. The quantitative estimate of drug-likeness (QED) is 0.478. The lowest BCUT2D eigenvalue weighted by atomic mass is 9.97. The lowest BCUT2D eigenvalue weighted by Gasteiger charge is -2.38. The highest BCUT2D eigenvalue weighted by atomic mass is 32.2. The summed E-state index contributed by atoms with van der Waals surface area (Å²) in [6.07, 6.45) is -6.13. The lowest BCUT2D eigenvalue weighted by Crippen LogP contribution is -2.50. The molecule has 0 bridgehead atoms. The maximum absolute atomic E-state index is 13.6. The van der Waals surface area contributed by atoms with E-state index in [1.807, 2.05) is 0 Å².